The van der Waals surface area contributed by atoms with Gasteiger partial charge in [0, 0.05) is 12.3 Å². The number of unbranched alkanes of at least 4 members (excludes halogenated alkanes) is 4. The predicted molar refractivity (Wildman–Crippen MR) is 97.8 cm³/mol. The first-order chi connectivity index (χ1) is 10.7. The molecule has 22 heavy (non-hydrogen) atoms. The van der Waals surface area contributed by atoms with Crippen molar-refractivity contribution >= 4 is 14.2 Å². The lowest BCUT2D eigenvalue weighted by atomic mass is 10.1. The maximum absolute atomic E-state index is 10.9. The van der Waals surface area contributed by atoms with Gasteiger partial charge in [0.1, 0.15) is 12.0 Å². The van der Waals surface area contributed by atoms with Crippen molar-refractivity contribution in [2.75, 3.05) is 25.1 Å². The van der Waals surface area contributed by atoms with Crippen molar-refractivity contribution in [2.45, 2.75) is 52.9 Å². The Kier molecular flexibility index (Phi) is 10.2. The maximum atomic E-state index is 10.9. The molecule has 124 valence electrons. The number of hydrogen-bond donors (Lipinski definition) is 0. The Morgan fingerprint density at radius 1 is 1.05 bits per heavy atom. The van der Waals surface area contributed by atoms with Crippen LogP contribution in [0.4, 0.5) is 0 Å². The summed E-state index contributed by atoms with van der Waals surface area (Å²) in [4.78, 5) is 10.9. The van der Waals surface area contributed by atoms with E-state index in [0.717, 1.165) is 31.0 Å². The topological polar surface area (TPSA) is 26.3 Å². The molecule has 0 aliphatic carbocycles. The second-order valence-electron chi connectivity index (χ2n) is 5.95. The molecular weight excluding hydrogens is 291 g/mol. The van der Waals surface area contributed by atoms with Crippen LogP contribution in [-0.4, -0.2) is 31.4 Å². The first-order valence-corrected chi connectivity index (χ1v) is 10.4. The van der Waals surface area contributed by atoms with E-state index in [1.165, 1.54) is 49.4 Å². The minimum Gasteiger partial charge on any atom is -0.493 e. The number of carbonyl (C=O) groups excluding carboxylic acids is 1. The van der Waals surface area contributed by atoms with Crippen molar-refractivity contribution < 1.29 is 9.53 Å². The van der Waals surface area contributed by atoms with Gasteiger partial charge in [0.15, 0.2) is 0 Å². The lowest BCUT2D eigenvalue weighted by molar-refractivity contribution is -0.105. The number of para-hydroxylation sites is 1. The van der Waals surface area contributed by atoms with Crippen LogP contribution in [0.2, 0.25) is 0 Å². The Hall–Kier alpha value is -0.880. The number of aryl methyl sites for hydroxylation is 2. The minimum absolute atomic E-state index is 0.190. The first kappa shape index (κ1) is 19.2. The van der Waals surface area contributed by atoms with Gasteiger partial charge >= 0.3 is 0 Å². The van der Waals surface area contributed by atoms with Gasteiger partial charge in [-0.2, -0.15) is 0 Å². The third-order valence-electron chi connectivity index (χ3n) is 3.97. The Morgan fingerprint density at radius 3 is 2.36 bits per heavy atom. The molecule has 1 aromatic rings. The number of carbonyl (C=O) groups is 1. The smallest absolute Gasteiger partial charge is 0.125 e. The van der Waals surface area contributed by atoms with E-state index in [4.69, 9.17) is 4.74 Å². The monoisotopic (exact) mass is 322 g/mol. The number of rotatable bonds is 12. The Bertz CT molecular complexity index is 411. The third-order valence-corrected chi connectivity index (χ3v) is 6.40. The number of hydrogen-bond acceptors (Lipinski definition) is 2. The molecule has 1 aromatic carbocycles. The summed E-state index contributed by atoms with van der Waals surface area (Å²) in [5.74, 6) is 1.02. The van der Waals surface area contributed by atoms with Crippen LogP contribution in [-0.2, 0) is 4.79 Å². The van der Waals surface area contributed by atoms with Gasteiger partial charge in [-0.1, -0.05) is 58.7 Å². The Balaban J connectivity index is 2.33. The van der Waals surface area contributed by atoms with Gasteiger partial charge in [-0.3, -0.25) is 0 Å². The summed E-state index contributed by atoms with van der Waals surface area (Å²) in [6.45, 7) is 7.15. The van der Waals surface area contributed by atoms with Crippen LogP contribution >= 0.6 is 7.92 Å². The van der Waals surface area contributed by atoms with Gasteiger partial charge in [0.05, 0.1) is 6.61 Å². The second-order valence-corrected chi connectivity index (χ2v) is 8.55. The Labute approximate surface area is 137 Å². The number of ether oxygens (including phenoxy) is 1. The molecule has 1 atom stereocenters. The van der Waals surface area contributed by atoms with Crippen molar-refractivity contribution in [1.29, 1.82) is 0 Å². The standard InChI is InChI=1S/C19H31O2P/c1-4-5-6-7-8-14-22(15-12-20)16-13-21-19-17(2)10-9-11-18(19)3/h9-12H,4-8,13-16H2,1-3H3. The van der Waals surface area contributed by atoms with Gasteiger partial charge in [-0.05, 0) is 37.6 Å². The van der Waals surface area contributed by atoms with Gasteiger partial charge in [-0.25, -0.2) is 0 Å². The molecule has 0 spiro atoms. The SMILES string of the molecule is CCCCCCCP(CC=O)CCOc1c(C)cccc1C. The summed E-state index contributed by atoms with van der Waals surface area (Å²) in [5, 5.41) is 0. The molecule has 0 fully saturated rings. The molecule has 0 heterocycles. The van der Waals surface area contributed by atoms with Crippen molar-refractivity contribution in [3.05, 3.63) is 29.3 Å². The summed E-state index contributed by atoms with van der Waals surface area (Å²) in [5.41, 5.74) is 2.39. The average Bonchev–Trinajstić information content (AvgIpc) is 2.50. The van der Waals surface area contributed by atoms with E-state index in [0.29, 0.717) is 0 Å². The highest BCUT2D eigenvalue weighted by Crippen LogP contribution is 2.35. The van der Waals surface area contributed by atoms with E-state index in [2.05, 4.69) is 39.0 Å². The lowest BCUT2D eigenvalue weighted by Crippen LogP contribution is -2.07. The Morgan fingerprint density at radius 2 is 1.73 bits per heavy atom. The van der Waals surface area contributed by atoms with Crippen molar-refractivity contribution in [3.63, 3.8) is 0 Å². The lowest BCUT2D eigenvalue weighted by Gasteiger charge is -2.17. The molecule has 0 radical (unpaired) electrons. The van der Waals surface area contributed by atoms with Crippen LogP contribution in [0.3, 0.4) is 0 Å². The van der Waals surface area contributed by atoms with Gasteiger partial charge in [0.25, 0.3) is 0 Å². The first-order valence-electron chi connectivity index (χ1n) is 8.54. The van der Waals surface area contributed by atoms with Crippen molar-refractivity contribution in [3.8, 4) is 5.75 Å². The maximum Gasteiger partial charge on any atom is 0.125 e. The largest absolute Gasteiger partial charge is 0.493 e. The van der Waals surface area contributed by atoms with E-state index in [-0.39, 0.29) is 7.92 Å². The zero-order valence-electron chi connectivity index (χ0n) is 14.4. The van der Waals surface area contributed by atoms with Crippen LogP contribution in [0.1, 0.15) is 50.2 Å². The van der Waals surface area contributed by atoms with E-state index in [1.54, 1.807) is 0 Å². The molecule has 0 saturated carbocycles. The van der Waals surface area contributed by atoms with E-state index >= 15 is 0 Å². The zero-order valence-corrected chi connectivity index (χ0v) is 15.3. The molecule has 2 nitrogen and oxygen atoms in total. The summed E-state index contributed by atoms with van der Waals surface area (Å²) < 4.78 is 5.99. The predicted octanol–water partition coefficient (Wildman–Crippen LogP) is 5.33. The highest BCUT2D eigenvalue weighted by Gasteiger charge is 2.09. The van der Waals surface area contributed by atoms with Crippen LogP contribution in [0.5, 0.6) is 5.75 Å². The molecule has 3 heteroatoms. The van der Waals surface area contributed by atoms with Crippen molar-refractivity contribution in [1.82, 2.24) is 0 Å². The molecule has 1 unspecified atom stereocenters. The number of aldehydes is 1. The fourth-order valence-corrected chi connectivity index (χ4v) is 4.46. The molecule has 0 N–H and O–H groups in total. The second kappa shape index (κ2) is 11.7. The molecule has 0 aliphatic heterocycles. The fourth-order valence-electron chi connectivity index (χ4n) is 2.64. The number of benzene rings is 1. The van der Waals surface area contributed by atoms with Crippen molar-refractivity contribution in [2.24, 2.45) is 0 Å². The fraction of sp³-hybridized carbons (Fsp3) is 0.632. The van der Waals surface area contributed by atoms with E-state index < -0.39 is 0 Å². The molecule has 0 bridgehead atoms. The van der Waals surface area contributed by atoms with Gasteiger partial charge < -0.3 is 9.53 Å². The summed E-state index contributed by atoms with van der Waals surface area (Å²) in [7, 11) is -0.190. The summed E-state index contributed by atoms with van der Waals surface area (Å²) in [6, 6.07) is 6.24. The van der Waals surface area contributed by atoms with E-state index in [1.807, 2.05) is 0 Å². The molecule has 1 rings (SSSR count). The molecular formula is C19H31O2P. The van der Waals surface area contributed by atoms with Crippen LogP contribution in [0.15, 0.2) is 18.2 Å². The average molecular weight is 322 g/mol. The zero-order chi connectivity index (χ0) is 16.2. The quantitative estimate of drug-likeness (QED) is 0.295. The van der Waals surface area contributed by atoms with E-state index in [9.17, 15) is 4.79 Å². The highest BCUT2D eigenvalue weighted by atomic mass is 31.1. The van der Waals surface area contributed by atoms with Gasteiger partial charge in [-0.15, -0.1) is 0 Å². The normalized spacial score (nSPS) is 12.1. The molecule has 0 aromatic heterocycles. The van der Waals surface area contributed by atoms with Crippen LogP contribution < -0.4 is 4.74 Å². The van der Waals surface area contributed by atoms with Gasteiger partial charge in [0.2, 0.25) is 0 Å². The molecule has 0 aliphatic rings. The summed E-state index contributed by atoms with van der Waals surface area (Å²) in [6.07, 6.45) is 10.6. The summed E-state index contributed by atoms with van der Waals surface area (Å²) >= 11 is 0. The minimum atomic E-state index is -0.190. The van der Waals surface area contributed by atoms with Crippen LogP contribution in [0, 0.1) is 13.8 Å². The van der Waals surface area contributed by atoms with Crippen LogP contribution in [0.25, 0.3) is 0 Å². The molecule has 0 saturated heterocycles. The third kappa shape index (κ3) is 7.40. The molecule has 0 amide bonds. The highest BCUT2D eigenvalue weighted by molar-refractivity contribution is 7.58.